The zero-order valence-electron chi connectivity index (χ0n) is 12.2. The fourth-order valence-corrected chi connectivity index (χ4v) is 3.31. The predicted octanol–water partition coefficient (Wildman–Crippen LogP) is 1.14. The molecular formula is C14H24N6. The summed E-state index contributed by atoms with van der Waals surface area (Å²) in [6.45, 7) is 6.64. The third kappa shape index (κ3) is 2.86. The number of anilines is 2. The maximum atomic E-state index is 5.43. The predicted molar refractivity (Wildman–Crippen MR) is 80.6 cm³/mol. The standard InChI is InChI=1S/C14H24N6/c1-11-9-13(17-14(16-11)18-15)20-8-5-12(10-20)19-6-3-2-4-7-19/h9,12H,2-8,10,15H2,1H3,(H,16,17,18). The highest BCUT2D eigenvalue weighted by molar-refractivity contribution is 5.45. The molecule has 0 bridgehead atoms. The molecule has 0 aromatic carbocycles. The first-order valence-electron chi connectivity index (χ1n) is 7.57. The van der Waals surface area contributed by atoms with Crippen molar-refractivity contribution in [2.45, 2.75) is 38.6 Å². The summed E-state index contributed by atoms with van der Waals surface area (Å²) in [5.74, 6) is 6.92. The van der Waals surface area contributed by atoms with Crippen molar-refractivity contribution in [2.75, 3.05) is 36.5 Å². The van der Waals surface area contributed by atoms with Crippen LogP contribution in [0, 0.1) is 6.92 Å². The summed E-state index contributed by atoms with van der Waals surface area (Å²) in [6.07, 6.45) is 5.33. The quantitative estimate of drug-likeness (QED) is 0.637. The second kappa shape index (κ2) is 5.93. The molecule has 2 aliphatic heterocycles. The summed E-state index contributed by atoms with van der Waals surface area (Å²) < 4.78 is 0. The van der Waals surface area contributed by atoms with E-state index in [1.165, 1.54) is 38.8 Å². The van der Waals surface area contributed by atoms with E-state index in [0.717, 1.165) is 24.6 Å². The SMILES string of the molecule is Cc1cc(N2CCC(N3CCCCC3)C2)nc(NN)n1. The lowest BCUT2D eigenvalue weighted by Gasteiger charge is -2.32. The number of nitrogens with zero attached hydrogens (tertiary/aromatic N) is 4. The molecule has 2 saturated heterocycles. The lowest BCUT2D eigenvalue weighted by atomic mass is 10.1. The number of likely N-dealkylation sites (tertiary alicyclic amines) is 1. The first kappa shape index (κ1) is 13.6. The van der Waals surface area contributed by atoms with Crippen LogP contribution < -0.4 is 16.2 Å². The van der Waals surface area contributed by atoms with Gasteiger partial charge in [-0.15, -0.1) is 0 Å². The molecule has 3 N–H and O–H groups in total. The largest absolute Gasteiger partial charge is 0.355 e. The molecule has 6 nitrogen and oxygen atoms in total. The number of rotatable bonds is 3. The van der Waals surface area contributed by atoms with E-state index in [2.05, 4.69) is 25.2 Å². The van der Waals surface area contributed by atoms with E-state index in [9.17, 15) is 0 Å². The second-order valence-corrected chi connectivity index (χ2v) is 5.82. The summed E-state index contributed by atoms with van der Waals surface area (Å²) in [5.41, 5.74) is 3.50. The molecule has 1 atom stereocenters. The van der Waals surface area contributed by atoms with E-state index < -0.39 is 0 Å². The van der Waals surface area contributed by atoms with Gasteiger partial charge in [-0.3, -0.25) is 10.3 Å². The van der Waals surface area contributed by atoms with Gasteiger partial charge in [-0.25, -0.2) is 10.8 Å². The van der Waals surface area contributed by atoms with E-state index in [0.29, 0.717) is 12.0 Å². The van der Waals surface area contributed by atoms with Gasteiger partial charge in [-0.2, -0.15) is 4.98 Å². The smallest absolute Gasteiger partial charge is 0.239 e. The zero-order chi connectivity index (χ0) is 13.9. The van der Waals surface area contributed by atoms with Crippen LogP contribution in [0.3, 0.4) is 0 Å². The van der Waals surface area contributed by atoms with Crippen LogP contribution in [0.2, 0.25) is 0 Å². The van der Waals surface area contributed by atoms with Gasteiger partial charge >= 0.3 is 0 Å². The Labute approximate surface area is 120 Å². The van der Waals surface area contributed by atoms with Crippen molar-refractivity contribution in [3.8, 4) is 0 Å². The van der Waals surface area contributed by atoms with Gasteiger partial charge in [0.25, 0.3) is 0 Å². The van der Waals surface area contributed by atoms with Gasteiger partial charge in [-0.1, -0.05) is 6.42 Å². The van der Waals surface area contributed by atoms with Crippen molar-refractivity contribution in [2.24, 2.45) is 5.84 Å². The Kier molecular flexibility index (Phi) is 4.03. The number of aromatic nitrogens is 2. The van der Waals surface area contributed by atoms with E-state index in [4.69, 9.17) is 5.84 Å². The Bertz CT molecular complexity index is 457. The van der Waals surface area contributed by atoms with Crippen LogP contribution in [0.5, 0.6) is 0 Å². The van der Waals surface area contributed by atoms with E-state index in [1.54, 1.807) is 0 Å². The third-order valence-corrected chi connectivity index (χ3v) is 4.36. The molecule has 0 aliphatic carbocycles. The lowest BCUT2D eigenvalue weighted by molar-refractivity contribution is 0.175. The second-order valence-electron chi connectivity index (χ2n) is 5.82. The number of nitrogens with two attached hydrogens (primary N) is 1. The summed E-state index contributed by atoms with van der Waals surface area (Å²) in [4.78, 5) is 13.7. The van der Waals surface area contributed by atoms with Crippen LogP contribution in [0.25, 0.3) is 0 Å². The molecule has 2 aliphatic rings. The van der Waals surface area contributed by atoms with Crippen molar-refractivity contribution in [1.29, 1.82) is 0 Å². The molecule has 3 heterocycles. The first-order valence-corrected chi connectivity index (χ1v) is 7.57. The highest BCUT2D eigenvalue weighted by Gasteiger charge is 2.29. The first-order chi connectivity index (χ1) is 9.76. The molecule has 0 radical (unpaired) electrons. The molecule has 0 spiro atoms. The van der Waals surface area contributed by atoms with Gasteiger partial charge in [0.1, 0.15) is 5.82 Å². The zero-order valence-corrected chi connectivity index (χ0v) is 12.2. The summed E-state index contributed by atoms with van der Waals surface area (Å²) in [6, 6.07) is 2.72. The minimum absolute atomic E-state index is 0.501. The van der Waals surface area contributed by atoms with E-state index >= 15 is 0 Å². The Morgan fingerprint density at radius 1 is 1.20 bits per heavy atom. The Balaban J connectivity index is 1.68. The van der Waals surface area contributed by atoms with Crippen molar-refractivity contribution in [3.05, 3.63) is 11.8 Å². The number of aryl methyl sites for hydroxylation is 1. The average molecular weight is 276 g/mol. The van der Waals surface area contributed by atoms with Gasteiger partial charge < -0.3 is 4.90 Å². The van der Waals surface area contributed by atoms with Crippen LogP contribution in [0.1, 0.15) is 31.4 Å². The summed E-state index contributed by atoms with van der Waals surface area (Å²) in [7, 11) is 0. The molecule has 110 valence electrons. The van der Waals surface area contributed by atoms with E-state index in [1.807, 2.05) is 13.0 Å². The van der Waals surface area contributed by atoms with Crippen molar-refractivity contribution in [3.63, 3.8) is 0 Å². The van der Waals surface area contributed by atoms with Crippen LogP contribution in [-0.2, 0) is 0 Å². The monoisotopic (exact) mass is 276 g/mol. The maximum Gasteiger partial charge on any atom is 0.239 e. The number of nitrogens with one attached hydrogen (secondary N) is 1. The highest BCUT2D eigenvalue weighted by atomic mass is 15.3. The van der Waals surface area contributed by atoms with Crippen LogP contribution in [0.4, 0.5) is 11.8 Å². The minimum Gasteiger partial charge on any atom is -0.355 e. The summed E-state index contributed by atoms with van der Waals surface area (Å²) >= 11 is 0. The number of piperidine rings is 1. The number of nitrogen functional groups attached to an aromatic ring is 1. The number of hydrogen-bond donors (Lipinski definition) is 2. The maximum absolute atomic E-state index is 5.43. The average Bonchev–Trinajstić information content (AvgIpc) is 2.97. The van der Waals surface area contributed by atoms with Gasteiger partial charge in [0, 0.05) is 30.9 Å². The Hall–Kier alpha value is -1.40. The van der Waals surface area contributed by atoms with Crippen molar-refractivity contribution >= 4 is 11.8 Å². The molecule has 1 aromatic heterocycles. The molecular weight excluding hydrogens is 252 g/mol. The molecule has 0 amide bonds. The third-order valence-electron chi connectivity index (χ3n) is 4.36. The van der Waals surface area contributed by atoms with Crippen molar-refractivity contribution < 1.29 is 0 Å². The fourth-order valence-electron chi connectivity index (χ4n) is 3.31. The molecule has 0 saturated carbocycles. The molecule has 20 heavy (non-hydrogen) atoms. The molecule has 1 unspecified atom stereocenters. The summed E-state index contributed by atoms with van der Waals surface area (Å²) in [5, 5.41) is 0. The van der Waals surface area contributed by atoms with Gasteiger partial charge in [-0.05, 0) is 39.3 Å². The fraction of sp³-hybridized carbons (Fsp3) is 0.714. The molecule has 3 rings (SSSR count). The minimum atomic E-state index is 0.501. The normalized spacial score (nSPS) is 24.1. The highest BCUT2D eigenvalue weighted by Crippen LogP contribution is 2.24. The molecule has 2 fully saturated rings. The van der Waals surface area contributed by atoms with Gasteiger partial charge in [0.05, 0.1) is 0 Å². The topological polar surface area (TPSA) is 70.3 Å². The number of hydrogen-bond acceptors (Lipinski definition) is 6. The molecule has 1 aromatic rings. The van der Waals surface area contributed by atoms with Crippen molar-refractivity contribution in [1.82, 2.24) is 14.9 Å². The Morgan fingerprint density at radius 3 is 2.75 bits per heavy atom. The lowest BCUT2D eigenvalue weighted by Crippen LogP contribution is -2.41. The van der Waals surface area contributed by atoms with Gasteiger partial charge in [0.15, 0.2) is 0 Å². The van der Waals surface area contributed by atoms with E-state index in [-0.39, 0.29) is 0 Å². The number of hydrazine groups is 1. The molecule has 6 heteroatoms. The van der Waals surface area contributed by atoms with Gasteiger partial charge in [0.2, 0.25) is 5.95 Å². The van der Waals surface area contributed by atoms with Crippen LogP contribution >= 0.6 is 0 Å². The Morgan fingerprint density at radius 2 is 2.00 bits per heavy atom. The van der Waals surface area contributed by atoms with Crippen LogP contribution in [0.15, 0.2) is 6.07 Å². The van der Waals surface area contributed by atoms with Crippen LogP contribution in [-0.4, -0.2) is 47.1 Å².